The van der Waals surface area contributed by atoms with Gasteiger partial charge in [-0.1, -0.05) is 133 Å². The van der Waals surface area contributed by atoms with Gasteiger partial charge in [0.05, 0.1) is 5.56 Å². The van der Waals surface area contributed by atoms with Crippen LogP contribution in [0.1, 0.15) is 0 Å². The summed E-state index contributed by atoms with van der Waals surface area (Å²) in [5.74, 6) is 1.71. The fraction of sp³-hybridized carbons (Fsp3) is 0. The van der Waals surface area contributed by atoms with Crippen LogP contribution in [0.25, 0.3) is 111 Å². The van der Waals surface area contributed by atoms with Crippen molar-refractivity contribution >= 4 is 65.4 Å². The summed E-state index contributed by atoms with van der Waals surface area (Å²) in [4.78, 5) is 15.5. The average Bonchev–Trinajstić information content (AvgIpc) is 3.80. The summed E-state index contributed by atoms with van der Waals surface area (Å²) < 4.78 is 13.1. The highest BCUT2D eigenvalue weighted by molar-refractivity contribution is 6.30. The van der Waals surface area contributed by atoms with Crippen LogP contribution in [0.2, 0.25) is 0 Å². The van der Waals surface area contributed by atoms with Crippen molar-refractivity contribution < 1.29 is 8.83 Å². The minimum atomic E-state index is 0.545. The summed E-state index contributed by atoms with van der Waals surface area (Å²) in [5, 5.41) is 8.70. The molecular weight excluding hydrogens is 639 g/mol. The molecule has 0 fully saturated rings. The fourth-order valence-electron chi connectivity index (χ4n) is 7.68. The van der Waals surface area contributed by atoms with Crippen LogP contribution in [-0.4, -0.2) is 15.0 Å². The lowest BCUT2D eigenvalue weighted by atomic mass is 9.95. The average molecular weight is 666 g/mol. The van der Waals surface area contributed by atoms with Crippen molar-refractivity contribution in [2.45, 2.75) is 0 Å². The minimum absolute atomic E-state index is 0.545. The zero-order chi connectivity index (χ0) is 34.2. The first-order chi connectivity index (χ1) is 25.8. The van der Waals surface area contributed by atoms with Crippen molar-refractivity contribution in [3.05, 3.63) is 164 Å². The van der Waals surface area contributed by atoms with Crippen molar-refractivity contribution in [1.82, 2.24) is 15.0 Å². The SMILES string of the molecule is c1ccc(-c2cc(-c3nc(-c4ccccc4)nc(-c4ccc5c6ccccc6c6oc7ccccc7c6c5c4)n3)c3oc4ccccc4c3c2)cc1. The highest BCUT2D eigenvalue weighted by Crippen LogP contribution is 2.43. The second-order valence-corrected chi connectivity index (χ2v) is 13.1. The first-order valence-electron chi connectivity index (χ1n) is 17.4. The molecule has 8 aromatic carbocycles. The Hall–Kier alpha value is -7.11. The van der Waals surface area contributed by atoms with E-state index in [-0.39, 0.29) is 0 Å². The van der Waals surface area contributed by atoms with Crippen LogP contribution in [0.15, 0.2) is 173 Å². The lowest BCUT2D eigenvalue weighted by Gasteiger charge is -2.12. The normalized spacial score (nSPS) is 11.8. The second-order valence-electron chi connectivity index (χ2n) is 13.1. The molecule has 3 aromatic heterocycles. The molecule has 11 aromatic rings. The molecule has 0 N–H and O–H groups in total. The molecule has 0 aliphatic heterocycles. The van der Waals surface area contributed by atoms with Gasteiger partial charge in [-0.2, -0.15) is 0 Å². The molecule has 0 amide bonds. The summed E-state index contributed by atoms with van der Waals surface area (Å²) in [6.07, 6.45) is 0. The van der Waals surface area contributed by atoms with E-state index in [1.807, 2.05) is 66.7 Å². The van der Waals surface area contributed by atoms with Crippen LogP contribution in [-0.2, 0) is 0 Å². The number of hydrogen-bond acceptors (Lipinski definition) is 5. The Labute approximate surface area is 297 Å². The molecule has 0 bridgehead atoms. The Bertz CT molecular complexity index is 3180. The highest BCUT2D eigenvalue weighted by atomic mass is 16.3. The smallest absolute Gasteiger partial charge is 0.167 e. The third-order valence-electron chi connectivity index (χ3n) is 10.1. The van der Waals surface area contributed by atoms with E-state index in [2.05, 4.69) is 97.1 Å². The standard InChI is InChI=1S/C47H27N3O2/c1-3-13-28(14-4-1)31-26-38-34-18-9-11-21-40(34)51-43(38)39(27-31)47-49-45(29-15-5-2-6-16-29)48-46(50-47)30-23-24-33-32-17-7-8-19-35(32)44-42(37(33)25-30)36-20-10-12-22-41(36)52-44/h1-27H. The molecule has 0 saturated heterocycles. The van der Waals surface area contributed by atoms with E-state index in [4.69, 9.17) is 23.8 Å². The van der Waals surface area contributed by atoms with Crippen molar-refractivity contribution in [2.24, 2.45) is 0 Å². The topological polar surface area (TPSA) is 65.0 Å². The van der Waals surface area contributed by atoms with Crippen molar-refractivity contribution in [3.63, 3.8) is 0 Å². The third kappa shape index (κ3) is 4.39. The summed E-state index contributed by atoms with van der Waals surface area (Å²) >= 11 is 0. The number of nitrogens with zero attached hydrogens (tertiary/aromatic N) is 3. The van der Waals surface area contributed by atoms with Crippen molar-refractivity contribution in [2.75, 3.05) is 0 Å². The van der Waals surface area contributed by atoms with Gasteiger partial charge < -0.3 is 8.83 Å². The van der Waals surface area contributed by atoms with Gasteiger partial charge >= 0.3 is 0 Å². The van der Waals surface area contributed by atoms with E-state index in [0.29, 0.717) is 17.5 Å². The molecule has 0 aliphatic carbocycles. The zero-order valence-electron chi connectivity index (χ0n) is 27.7. The molecule has 52 heavy (non-hydrogen) atoms. The zero-order valence-corrected chi connectivity index (χ0v) is 27.7. The molecule has 0 radical (unpaired) electrons. The van der Waals surface area contributed by atoms with E-state index in [1.165, 1.54) is 0 Å². The number of furan rings is 2. The van der Waals surface area contributed by atoms with Gasteiger partial charge in [0.1, 0.15) is 22.3 Å². The van der Waals surface area contributed by atoms with Gasteiger partial charge in [-0.3, -0.25) is 0 Å². The maximum Gasteiger partial charge on any atom is 0.167 e. The van der Waals surface area contributed by atoms with E-state index in [1.54, 1.807) is 0 Å². The quantitative estimate of drug-likeness (QED) is 0.175. The Morgan fingerprint density at radius 3 is 1.62 bits per heavy atom. The Kier molecular flexibility index (Phi) is 6.18. The molecule has 0 spiro atoms. The van der Waals surface area contributed by atoms with E-state index >= 15 is 0 Å². The van der Waals surface area contributed by atoms with Crippen molar-refractivity contribution in [1.29, 1.82) is 0 Å². The van der Waals surface area contributed by atoms with Gasteiger partial charge in [-0.05, 0) is 57.6 Å². The molecular formula is C47H27N3O2. The number of fused-ring (bicyclic) bond motifs is 11. The number of benzene rings is 8. The van der Waals surface area contributed by atoms with Crippen LogP contribution in [0.5, 0.6) is 0 Å². The Morgan fingerprint density at radius 2 is 0.846 bits per heavy atom. The minimum Gasteiger partial charge on any atom is -0.455 e. The molecule has 0 unspecified atom stereocenters. The molecule has 242 valence electrons. The van der Waals surface area contributed by atoms with Crippen LogP contribution in [0.3, 0.4) is 0 Å². The van der Waals surface area contributed by atoms with Crippen LogP contribution < -0.4 is 0 Å². The number of para-hydroxylation sites is 2. The lowest BCUT2D eigenvalue weighted by molar-refractivity contribution is 0.669. The third-order valence-corrected chi connectivity index (χ3v) is 10.1. The molecule has 5 heteroatoms. The van der Waals surface area contributed by atoms with Gasteiger partial charge in [0.25, 0.3) is 0 Å². The summed E-state index contributed by atoms with van der Waals surface area (Å²) in [5.41, 5.74) is 8.07. The first kappa shape index (κ1) is 28.7. The Balaban J connectivity index is 1.21. The summed E-state index contributed by atoms with van der Waals surface area (Å²) in [7, 11) is 0. The second kappa shape index (κ2) is 11.2. The van der Waals surface area contributed by atoms with E-state index in [9.17, 15) is 0 Å². The monoisotopic (exact) mass is 665 g/mol. The maximum absolute atomic E-state index is 6.59. The molecule has 5 nitrogen and oxygen atoms in total. The highest BCUT2D eigenvalue weighted by Gasteiger charge is 2.21. The Morgan fingerprint density at radius 1 is 0.308 bits per heavy atom. The molecule has 0 atom stereocenters. The van der Waals surface area contributed by atoms with Gasteiger partial charge in [-0.15, -0.1) is 0 Å². The van der Waals surface area contributed by atoms with Crippen LogP contribution in [0.4, 0.5) is 0 Å². The van der Waals surface area contributed by atoms with Gasteiger partial charge in [0, 0.05) is 38.1 Å². The number of hydrogen-bond donors (Lipinski definition) is 0. The van der Waals surface area contributed by atoms with E-state index in [0.717, 1.165) is 93.2 Å². The fourth-order valence-corrected chi connectivity index (χ4v) is 7.68. The number of aromatic nitrogens is 3. The van der Waals surface area contributed by atoms with Crippen LogP contribution >= 0.6 is 0 Å². The van der Waals surface area contributed by atoms with Crippen LogP contribution in [0, 0.1) is 0 Å². The molecule has 0 saturated carbocycles. The molecule has 0 aliphatic rings. The largest absolute Gasteiger partial charge is 0.455 e. The van der Waals surface area contributed by atoms with Crippen molar-refractivity contribution in [3.8, 4) is 45.3 Å². The van der Waals surface area contributed by atoms with Gasteiger partial charge in [0.2, 0.25) is 0 Å². The lowest BCUT2D eigenvalue weighted by Crippen LogP contribution is -2.00. The summed E-state index contributed by atoms with van der Waals surface area (Å²) in [6, 6.07) is 56.2. The summed E-state index contributed by atoms with van der Waals surface area (Å²) in [6.45, 7) is 0. The molecule has 11 rings (SSSR count). The number of rotatable bonds is 4. The van der Waals surface area contributed by atoms with Gasteiger partial charge in [0.15, 0.2) is 17.5 Å². The predicted molar refractivity (Wildman–Crippen MR) is 211 cm³/mol. The molecule has 3 heterocycles. The van der Waals surface area contributed by atoms with Gasteiger partial charge in [-0.25, -0.2) is 15.0 Å². The first-order valence-corrected chi connectivity index (χ1v) is 17.4. The predicted octanol–water partition coefficient (Wildman–Crippen LogP) is 12.6. The van der Waals surface area contributed by atoms with E-state index < -0.39 is 0 Å². The maximum atomic E-state index is 6.59.